The predicted octanol–water partition coefficient (Wildman–Crippen LogP) is -3.98. The zero-order valence-electron chi connectivity index (χ0n) is 41.6. The lowest BCUT2D eigenvalue weighted by Crippen LogP contribution is -2.45. The topological polar surface area (TPSA) is 562 Å². The van der Waals surface area contributed by atoms with Gasteiger partial charge in [0.25, 0.3) is 17.1 Å². The number of aliphatic hydroxyl groups excluding tert-OH is 3. The molecule has 80 heavy (non-hydrogen) atoms. The maximum atomic E-state index is 13.7. The van der Waals surface area contributed by atoms with Crippen LogP contribution in [0, 0.1) is 5.92 Å². The van der Waals surface area contributed by atoms with Crippen molar-refractivity contribution in [3.63, 3.8) is 0 Å². The Morgan fingerprint density at radius 2 is 1.31 bits per heavy atom. The fraction of sp³-hybridized carbons (Fsp3) is 0.556. The normalized spacial score (nSPS) is 29.2. The number of H-pyrrole nitrogens is 2. The molecule has 9 rings (SSSR count). The second-order valence-corrected chi connectivity index (χ2v) is 24.2. The molecule has 3 aliphatic rings. The highest BCUT2D eigenvalue weighted by atomic mass is 31.3. The van der Waals surface area contributed by atoms with Gasteiger partial charge < -0.3 is 75.9 Å². The van der Waals surface area contributed by atoms with Gasteiger partial charge in [-0.2, -0.15) is 13.6 Å². The fourth-order valence-corrected chi connectivity index (χ4v) is 13.5. The monoisotopic (exact) mass is 1220 g/mol. The maximum absolute atomic E-state index is 13.7. The van der Waals surface area contributed by atoms with Gasteiger partial charge >= 0.3 is 36.9 Å². The number of phosphoric acid groups is 4. The Morgan fingerprint density at radius 3 is 1.98 bits per heavy atom. The summed E-state index contributed by atoms with van der Waals surface area (Å²) >= 11 is 0. The first-order valence-corrected chi connectivity index (χ1v) is 29.0. The molecule has 15 N–H and O–H groups in total. The lowest BCUT2D eigenvalue weighted by atomic mass is 9.94. The van der Waals surface area contributed by atoms with Crippen LogP contribution >= 0.6 is 31.3 Å². The molecular weight excluding hydrogens is 1160 g/mol. The molecule has 438 valence electrons. The summed E-state index contributed by atoms with van der Waals surface area (Å²) in [4.78, 5) is 111. The summed E-state index contributed by atoms with van der Waals surface area (Å²) in [6.45, 7) is -3.32. The number of anilines is 3. The number of imidazole rings is 3. The predicted molar refractivity (Wildman–Crippen MR) is 260 cm³/mol. The summed E-state index contributed by atoms with van der Waals surface area (Å²) < 4.78 is 111. The van der Waals surface area contributed by atoms with Crippen LogP contribution in [0.2, 0.25) is 0 Å². The number of aryl methyl sites for hydroxylation is 1. The average Bonchev–Trinajstić information content (AvgIpc) is 4.23. The molecule has 9 heterocycles. The third kappa shape index (κ3) is 12.0. The van der Waals surface area contributed by atoms with Gasteiger partial charge in [-0.3, -0.25) is 56.1 Å². The van der Waals surface area contributed by atoms with Crippen LogP contribution in [-0.4, -0.2) is 189 Å². The zero-order valence-corrected chi connectivity index (χ0v) is 45.2. The Morgan fingerprint density at radius 1 is 0.725 bits per heavy atom. The molecule has 0 aromatic carbocycles. The first-order valence-electron chi connectivity index (χ1n) is 23.0. The van der Waals surface area contributed by atoms with Crippen molar-refractivity contribution >= 4 is 88.4 Å². The molecule has 0 bridgehead atoms. The minimum atomic E-state index is -6.24. The molecule has 0 saturated carbocycles. The average molecular weight is 1220 g/mol. The number of aromatic amines is 2. The molecule has 0 radical (unpaired) electrons. The standard InChI is InChI=1S/C36H50N16O24P4/c1-48(2)17(53)5-13-14(71-32(21(13)54)52-12-49(3)20-29(52)45-36(39)47-31(20)58)6-69-78(61,62)75-80(65,66)76-79(63,64)70-8-16-24(25(67-4)34(73-16)50-10-42-18-26(37)40-9-41-27(18)50)74-77(59,60)68-7-15-22(55)23(56)33(72-15)51-11-43-19-28(51)44-35(38)46-30(19)57/h9-16,21-25,32-34,54-56H,5-8H2,1-4H3,(H11-,37,38,39,40,41,44,45,46,47,57,58,59,60,61,62,63,64,65,66)/p+1/t13-,14-,15-,16-,21-,22-,23-,24-,25-,32+,33-,34-/m1/s1. The van der Waals surface area contributed by atoms with Crippen molar-refractivity contribution in [1.29, 1.82) is 0 Å². The lowest BCUT2D eigenvalue weighted by Gasteiger charge is -2.26. The number of carbonyl (C=O) groups excluding carboxylic acids is 1. The van der Waals surface area contributed by atoms with Gasteiger partial charge in [0.15, 0.2) is 41.4 Å². The van der Waals surface area contributed by atoms with Gasteiger partial charge in [-0.25, -0.2) is 42.8 Å². The van der Waals surface area contributed by atoms with E-state index in [1.165, 1.54) is 46.1 Å². The molecular formula is C36H51N16O24P4+. The molecule has 0 spiro atoms. The van der Waals surface area contributed by atoms with E-state index in [1.54, 1.807) is 0 Å². The van der Waals surface area contributed by atoms with Crippen molar-refractivity contribution in [3.8, 4) is 0 Å². The number of ether oxygens (including phenoxy) is 4. The highest BCUT2D eigenvalue weighted by molar-refractivity contribution is 7.66. The molecule has 44 heteroatoms. The summed E-state index contributed by atoms with van der Waals surface area (Å²) in [6.07, 6.45) is -13.9. The fourth-order valence-electron chi connectivity index (χ4n) is 9.01. The Bertz CT molecular complexity index is 3650. The van der Waals surface area contributed by atoms with Gasteiger partial charge in [-0.15, -0.1) is 0 Å². The number of nitrogens with one attached hydrogen (secondary N) is 2. The number of hydrogen-bond acceptors (Lipinski definition) is 29. The summed E-state index contributed by atoms with van der Waals surface area (Å²) in [5.41, 5.74) is 15.6. The van der Waals surface area contributed by atoms with Crippen LogP contribution in [0.3, 0.4) is 0 Å². The number of phosphoric ester groups is 3. The summed E-state index contributed by atoms with van der Waals surface area (Å²) in [7, 11) is -18.2. The van der Waals surface area contributed by atoms with Crippen molar-refractivity contribution in [2.24, 2.45) is 13.0 Å². The molecule has 0 aliphatic carbocycles. The van der Waals surface area contributed by atoms with Gasteiger partial charge in [0, 0.05) is 33.5 Å². The van der Waals surface area contributed by atoms with Gasteiger partial charge in [0.1, 0.15) is 54.6 Å². The number of nitrogens with two attached hydrogens (primary N) is 3. The second-order valence-electron chi connectivity index (χ2n) is 18.1. The number of aliphatic hydroxyl groups is 3. The number of fused-ring (bicyclic) bond motifs is 3. The highest BCUT2D eigenvalue weighted by Gasteiger charge is 2.54. The summed E-state index contributed by atoms with van der Waals surface area (Å²) in [5, 5.41) is 33.3. The van der Waals surface area contributed by atoms with Crippen LogP contribution in [0.1, 0.15) is 25.1 Å². The van der Waals surface area contributed by atoms with Crippen molar-refractivity contribution in [1.82, 2.24) is 58.5 Å². The van der Waals surface area contributed by atoms with E-state index in [1.807, 2.05) is 0 Å². The molecule has 4 unspecified atom stereocenters. The minimum absolute atomic E-state index is 0.00426. The van der Waals surface area contributed by atoms with Gasteiger partial charge in [0.2, 0.25) is 23.6 Å². The number of rotatable bonds is 21. The first kappa shape index (κ1) is 59.0. The Kier molecular flexibility index (Phi) is 16.4. The van der Waals surface area contributed by atoms with E-state index in [4.69, 9.17) is 54.2 Å². The maximum Gasteiger partial charge on any atom is 0.490 e. The Hall–Kier alpha value is -5.64. The summed E-state index contributed by atoms with van der Waals surface area (Å²) in [5.74, 6) is -2.51. The first-order chi connectivity index (χ1) is 37.5. The third-order valence-corrected chi connectivity index (χ3v) is 17.9. The molecule has 3 saturated heterocycles. The molecule has 1 amide bonds. The lowest BCUT2D eigenvalue weighted by molar-refractivity contribution is -0.745. The van der Waals surface area contributed by atoms with E-state index >= 15 is 0 Å². The third-order valence-electron chi connectivity index (χ3n) is 12.6. The van der Waals surface area contributed by atoms with Crippen LogP contribution in [0.15, 0.2) is 34.9 Å². The number of hydrogen-bond donors (Lipinski definition) is 12. The largest absolute Gasteiger partial charge is 0.490 e. The minimum Gasteiger partial charge on any atom is -0.387 e. The molecule has 6 aromatic heterocycles. The number of aromatic nitrogens is 12. The van der Waals surface area contributed by atoms with Crippen LogP contribution in [-0.2, 0) is 75.8 Å². The van der Waals surface area contributed by atoms with Crippen LogP contribution in [0.4, 0.5) is 17.7 Å². The Balaban J connectivity index is 0.879. The van der Waals surface area contributed by atoms with Crippen molar-refractivity contribution < 1.29 is 108 Å². The number of nitrogens with zero attached hydrogens (tertiary/aromatic N) is 11. The molecule has 3 aliphatic heterocycles. The van der Waals surface area contributed by atoms with Crippen molar-refractivity contribution in [3.05, 3.63) is 46.0 Å². The van der Waals surface area contributed by atoms with E-state index in [2.05, 4.69) is 48.5 Å². The van der Waals surface area contributed by atoms with Crippen LogP contribution in [0.25, 0.3) is 33.5 Å². The van der Waals surface area contributed by atoms with Crippen molar-refractivity contribution in [2.75, 3.05) is 58.2 Å². The number of amides is 1. The number of methoxy groups -OCH3 is 1. The molecule has 3 fully saturated rings. The van der Waals surface area contributed by atoms with Crippen LogP contribution in [0.5, 0.6) is 0 Å². The smallest absolute Gasteiger partial charge is 0.387 e. The summed E-state index contributed by atoms with van der Waals surface area (Å²) in [6, 6.07) is 0. The highest BCUT2D eigenvalue weighted by Crippen LogP contribution is 2.68. The van der Waals surface area contributed by atoms with Crippen LogP contribution < -0.4 is 32.9 Å². The number of carbonyl (C=O) groups is 1. The van der Waals surface area contributed by atoms with Gasteiger partial charge in [-0.1, -0.05) is 4.98 Å². The van der Waals surface area contributed by atoms with E-state index in [0.29, 0.717) is 0 Å². The van der Waals surface area contributed by atoms with Crippen molar-refractivity contribution in [2.45, 2.75) is 73.9 Å². The van der Waals surface area contributed by atoms with E-state index in [0.717, 1.165) is 30.7 Å². The van der Waals surface area contributed by atoms with E-state index in [-0.39, 0.29) is 51.2 Å². The van der Waals surface area contributed by atoms with Gasteiger partial charge in [-0.05, 0) is 0 Å². The number of nitrogen functional groups attached to an aromatic ring is 3. The quantitative estimate of drug-likeness (QED) is 0.0242. The van der Waals surface area contributed by atoms with E-state index in [9.17, 15) is 67.5 Å². The molecule has 40 nitrogen and oxygen atoms in total. The molecule has 6 aromatic rings. The Labute approximate surface area is 445 Å². The molecule has 16 atom stereocenters. The SMILES string of the molecule is CO[C@@H]1[C@H](OP(=O)(O)OC[C@H]2O[C@@H](n3cnc4c(=O)[nH]c(N)nc43)[C@H](O)[C@@H]2O)[C@@H](COP(=O)(O)OP(=O)(O)OP(=O)(O)OC[C@H]2O[C@H]([n+]3cn(C)c4c(=O)[nH]c(N)nc43)[C@H](O)[C@@H]2CC(=O)N(C)C)O[C@H]1n1cnc2c(N)ncnc21. The van der Waals surface area contributed by atoms with E-state index < -0.39 is 148 Å². The second kappa shape index (κ2) is 22.3. The zero-order chi connectivity index (χ0) is 58.1. The van der Waals surface area contributed by atoms with Gasteiger partial charge in [0.05, 0.1) is 45.6 Å².